The summed E-state index contributed by atoms with van der Waals surface area (Å²) in [6.07, 6.45) is 0. The van der Waals surface area contributed by atoms with Gasteiger partial charge in [-0.05, 0) is 36.8 Å². The molecule has 1 unspecified atom stereocenters. The van der Waals surface area contributed by atoms with Crippen LogP contribution in [0.25, 0.3) is 0 Å². The summed E-state index contributed by atoms with van der Waals surface area (Å²) < 4.78 is 0. The van der Waals surface area contributed by atoms with E-state index in [1.807, 2.05) is 79.0 Å². The molecule has 2 amide bonds. The third kappa shape index (κ3) is 5.32. The maximum Gasteiger partial charge on any atom is 0.254 e. The summed E-state index contributed by atoms with van der Waals surface area (Å²) >= 11 is 3.56. The summed E-state index contributed by atoms with van der Waals surface area (Å²) in [4.78, 5) is 28.6. The predicted octanol–water partition coefficient (Wildman–Crippen LogP) is 4.55. The molecule has 2 aromatic carbocycles. The lowest BCUT2D eigenvalue weighted by molar-refractivity contribution is -0.118. The van der Waals surface area contributed by atoms with Gasteiger partial charge < -0.3 is 10.2 Å². The first-order valence-electron chi connectivity index (χ1n) is 9.51. The van der Waals surface area contributed by atoms with Crippen molar-refractivity contribution in [2.24, 2.45) is 5.92 Å². The molecule has 0 radical (unpaired) electrons. The van der Waals surface area contributed by atoms with E-state index in [1.165, 1.54) is 0 Å². The summed E-state index contributed by atoms with van der Waals surface area (Å²) in [5.41, 5.74) is 2.23. The SMILES string of the molecule is Cc1c(NC(=O)C(C)CSc2ccccc2)cccc1C(=O)N1CCSCC1. The Labute approximate surface area is 175 Å². The fraction of sp³-hybridized carbons (Fsp3) is 0.364. The smallest absolute Gasteiger partial charge is 0.254 e. The van der Waals surface area contributed by atoms with E-state index in [9.17, 15) is 9.59 Å². The highest BCUT2D eigenvalue weighted by Crippen LogP contribution is 2.24. The van der Waals surface area contributed by atoms with Gasteiger partial charge in [-0.1, -0.05) is 31.2 Å². The van der Waals surface area contributed by atoms with Gasteiger partial charge in [0.15, 0.2) is 0 Å². The highest BCUT2D eigenvalue weighted by atomic mass is 32.2. The van der Waals surface area contributed by atoms with Gasteiger partial charge >= 0.3 is 0 Å². The highest BCUT2D eigenvalue weighted by molar-refractivity contribution is 7.99. The van der Waals surface area contributed by atoms with Crippen LogP contribution in [0.4, 0.5) is 5.69 Å². The van der Waals surface area contributed by atoms with Crippen LogP contribution in [0.1, 0.15) is 22.8 Å². The Morgan fingerprint density at radius 2 is 1.82 bits per heavy atom. The van der Waals surface area contributed by atoms with E-state index in [0.717, 1.165) is 40.7 Å². The fourth-order valence-corrected chi connectivity index (χ4v) is 4.86. The maximum absolute atomic E-state index is 12.9. The molecule has 148 valence electrons. The molecular formula is C22H26N2O2S2. The van der Waals surface area contributed by atoms with E-state index in [1.54, 1.807) is 11.8 Å². The van der Waals surface area contributed by atoms with Gasteiger partial charge in [0.25, 0.3) is 5.91 Å². The average molecular weight is 415 g/mol. The standard InChI is InChI=1S/C22H26N2O2S2/c1-16(15-28-18-7-4-3-5-8-18)21(25)23-20-10-6-9-19(17(20)2)22(26)24-11-13-27-14-12-24/h3-10,16H,11-15H2,1-2H3,(H,23,25). The Kier molecular flexibility index (Phi) is 7.45. The van der Waals surface area contributed by atoms with E-state index in [4.69, 9.17) is 0 Å². The molecule has 1 saturated heterocycles. The van der Waals surface area contributed by atoms with Crippen LogP contribution in [-0.4, -0.2) is 47.1 Å². The van der Waals surface area contributed by atoms with Crippen LogP contribution in [0.3, 0.4) is 0 Å². The lowest BCUT2D eigenvalue weighted by Crippen LogP contribution is -2.38. The minimum Gasteiger partial charge on any atom is -0.337 e. The second kappa shape index (κ2) is 10.0. The predicted molar refractivity (Wildman–Crippen MR) is 119 cm³/mol. The number of carbonyl (C=O) groups excluding carboxylic acids is 2. The molecule has 4 nitrogen and oxygen atoms in total. The van der Waals surface area contributed by atoms with E-state index in [-0.39, 0.29) is 17.7 Å². The molecule has 1 heterocycles. The average Bonchev–Trinajstić information content (AvgIpc) is 2.74. The number of amides is 2. The van der Waals surface area contributed by atoms with Crippen molar-refractivity contribution in [1.29, 1.82) is 0 Å². The molecule has 6 heteroatoms. The first kappa shape index (κ1) is 20.8. The summed E-state index contributed by atoms with van der Waals surface area (Å²) in [6.45, 7) is 5.41. The van der Waals surface area contributed by atoms with Gasteiger partial charge in [0.1, 0.15) is 0 Å². The fourth-order valence-electron chi connectivity index (χ4n) is 3.01. The van der Waals surface area contributed by atoms with Gasteiger partial charge in [0, 0.05) is 52.4 Å². The Hall–Kier alpha value is -1.92. The lowest BCUT2D eigenvalue weighted by atomic mass is 10.0. The van der Waals surface area contributed by atoms with Crippen molar-refractivity contribution < 1.29 is 9.59 Å². The summed E-state index contributed by atoms with van der Waals surface area (Å²) in [5.74, 6) is 2.57. The minimum atomic E-state index is -0.136. The molecule has 2 aromatic rings. The van der Waals surface area contributed by atoms with E-state index < -0.39 is 0 Å². The molecule has 28 heavy (non-hydrogen) atoms. The summed E-state index contributed by atoms with van der Waals surface area (Å²) in [6, 6.07) is 15.6. The molecular weight excluding hydrogens is 388 g/mol. The Morgan fingerprint density at radius 3 is 2.54 bits per heavy atom. The number of nitrogens with zero attached hydrogens (tertiary/aromatic N) is 1. The zero-order chi connectivity index (χ0) is 19.9. The molecule has 1 aliphatic heterocycles. The van der Waals surface area contributed by atoms with Gasteiger partial charge in [-0.2, -0.15) is 11.8 Å². The number of rotatable bonds is 6. The van der Waals surface area contributed by atoms with Crippen molar-refractivity contribution in [3.05, 3.63) is 59.7 Å². The number of carbonyl (C=O) groups is 2. The van der Waals surface area contributed by atoms with Gasteiger partial charge in [-0.3, -0.25) is 9.59 Å². The molecule has 0 aliphatic carbocycles. The van der Waals surface area contributed by atoms with Crippen LogP contribution in [0.2, 0.25) is 0 Å². The molecule has 1 aliphatic rings. The molecule has 0 spiro atoms. The molecule has 1 fully saturated rings. The maximum atomic E-state index is 12.9. The summed E-state index contributed by atoms with van der Waals surface area (Å²) in [5, 5.41) is 3.02. The second-order valence-electron chi connectivity index (χ2n) is 6.90. The zero-order valence-electron chi connectivity index (χ0n) is 16.3. The number of hydrogen-bond donors (Lipinski definition) is 1. The topological polar surface area (TPSA) is 49.4 Å². The molecule has 1 N–H and O–H groups in total. The Morgan fingerprint density at radius 1 is 1.11 bits per heavy atom. The van der Waals surface area contributed by atoms with Crippen LogP contribution < -0.4 is 5.32 Å². The van der Waals surface area contributed by atoms with Crippen molar-refractivity contribution in [2.45, 2.75) is 18.7 Å². The largest absolute Gasteiger partial charge is 0.337 e. The summed E-state index contributed by atoms with van der Waals surface area (Å²) in [7, 11) is 0. The second-order valence-corrected chi connectivity index (χ2v) is 9.22. The highest BCUT2D eigenvalue weighted by Gasteiger charge is 2.22. The number of hydrogen-bond acceptors (Lipinski definition) is 4. The number of thioether (sulfide) groups is 2. The third-order valence-corrected chi connectivity index (χ3v) is 7.03. The third-order valence-electron chi connectivity index (χ3n) is 4.81. The van der Waals surface area contributed by atoms with Gasteiger partial charge in [-0.25, -0.2) is 0 Å². The van der Waals surface area contributed by atoms with Crippen molar-refractivity contribution >= 4 is 41.0 Å². The normalized spacial score (nSPS) is 15.1. The van der Waals surface area contributed by atoms with Crippen LogP contribution in [0.15, 0.2) is 53.4 Å². The number of benzene rings is 2. The molecule has 0 bridgehead atoms. The van der Waals surface area contributed by atoms with E-state index in [2.05, 4.69) is 5.32 Å². The molecule has 3 rings (SSSR count). The van der Waals surface area contributed by atoms with Crippen molar-refractivity contribution in [1.82, 2.24) is 4.90 Å². The molecule has 1 atom stereocenters. The van der Waals surface area contributed by atoms with Crippen molar-refractivity contribution in [3.63, 3.8) is 0 Å². The van der Waals surface area contributed by atoms with E-state index in [0.29, 0.717) is 11.3 Å². The van der Waals surface area contributed by atoms with E-state index >= 15 is 0 Å². The van der Waals surface area contributed by atoms with Crippen LogP contribution in [-0.2, 0) is 4.79 Å². The Bertz CT molecular complexity index is 821. The first-order chi connectivity index (χ1) is 13.6. The van der Waals surface area contributed by atoms with Gasteiger partial charge in [0.05, 0.1) is 0 Å². The minimum absolute atomic E-state index is 0.0227. The van der Waals surface area contributed by atoms with Crippen molar-refractivity contribution in [2.75, 3.05) is 35.7 Å². The number of nitrogens with one attached hydrogen (secondary N) is 1. The lowest BCUT2D eigenvalue weighted by Gasteiger charge is -2.27. The zero-order valence-corrected chi connectivity index (χ0v) is 17.9. The van der Waals surface area contributed by atoms with Crippen molar-refractivity contribution in [3.8, 4) is 0 Å². The van der Waals surface area contributed by atoms with Crippen LogP contribution in [0, 0.1) is 12.8 Å². The van der Waals surface area contributed by atoms with Crippen LogP contribution >= 0.6 is 23.5 Å². The molecule has 0 saturated carbocycles. The first-order valence-corrected chi connectivity index (χ1v) is 11.7. The van der Waals surface area contributed by atoms with Gasteiger partial charge in [-0.15, -0.1) is 11.8 Å². The van der Waals surface area contributed by atoms with Gasteiger partial charge in [0.2, 0.25) is 5.91 Å². The van der Waals surface area contributed by atoms with Crippen LogP contribution in [0.5, 0.6) is 0 Å². The Balaban J connectivity index is 1.63. The quantitative estimate of drug-likeness (QED) is 0.705. The monoisotopic (exact) mass is 414 g/mol. The number of anilines is 1. The molecule has 0 aromatic heterocycles.